The molecule has 5 heteroatoms. The number of benzene rings is 1. The van der Waals surface area contributed by atoms with E-state index in [9.17, 15) is 9.59 Å². The minimum Gasteiger partial charge on any atom is -0.484 e. The third-order valence-electron chi connectivity index (χ3n) is 3.63. The Labute approximate surface area is 124 Å². The fourth-order valence-corrected chi connectivity index (χ4v) is 2.24. The van der Waals surface area contributed by atoms with E-state index in [0.29, 0.717) is 11.7 Å². The standard InChI is InChI=1S/C16H21NO4/c1-2-11-3-7-13(8-4-11)21-10-15(18)17-14(9-16(19)20)12-5-6-12/h3-4,7-8,12,14H,2,5-6,9-10H2,1H3,(H,17,18)(H,19,20). The van der Waals surface area contributed by atoms with Gasteiger partial charge < -0.3 is 15.2 Å². The highest BCUT2D eigenvalue weighted by Gasteiger charge is 2.33. The summed E-state index contributed by atoms with van der Waals surface area (Å²) in [5.74, 6) is -0.214. The number of amides is 1. The molecule has 1 aliphatic rings. The normalized spacial score (nSPS) is 15.3. The van der Waals surface area contributed by atoms with E-state index in [0.717, 1.165) is 19.3 Å². The number of carboxylic acids is 1. The van der Waals surface area contributed by atoms with Crippen LogP contribution >= 0.6 is 0 Å². The molecule has 0 aromatic heterocycles. The van der Waals surface area contributed by atoms with Crippen LogP contribution in [0.25, 0.3) is 0 Å². The van der Waals surface area contributed by atoms with Gasteiger partial charge in [-0.15, -0.1) is 0 Å². The molecule has 0 heterocycles. The van der Waals surface area contributed by atoms with E-state index in [4.69, 9.17) is 9.84 Å². The Hall–Kier alpha value is -2.04. The zero-order valence-corrected chi connectivity index (χ0v) is 12.2. The molecular formula is C16H21NO4. The number of nitrogens with one attached hydrogen (secondary N) is 1. The maximum absolute atomic E-state index is 11.8. The van der Waals surface area contributed by atoms with Gasteiger partial charge in [-0.2, -0.15) is 0 Å². The summed E-state index contributed by atoms with van der Waals surface area (Å²) in [7, 11) is 0. The van der Waals surface area contributed by atoms with E-state index in [1.54, 1.807) is 0 Å². The van der Waals surface area contributed by atoms with E-state index in [1.807, 2.05) is 24.3 Å². The van der Waals surface area contributed by atoms with Gasteiger partial charge in [-0.1, -0.05) is 19.1 Å². The first-order chi connectivity index (χ1) is 10.1. The van der Waals surface area contributed by atoms with E-state index in [1.165, 1.54) is 5.56 Å². The van der Waals surface area contributed by atoms with Crippen molar-refractivity contribution in [3.63, 3.8) is 0 Å². The summed E-state index contributed by atoms with van der Waals surface area (Å²) in [5, 5.41) is 11.6. The number of carboxylic acid groups (broad SMARTS) is 1. The second-order valence-electron chi connectivity index (χ2n) is 5.40. The van der Waals surface area contributed by atoms with Crippen LogP contribution in [0.3, 0.4) is 0 Å². The highest BCUT2D eigenvalue weighted by molar-refractivity contribution is 5.79. The lowest BCUT2D eigenvalue weighted by Gasteiger charge is -2.16. The summed E-state index contributed by atoms with van der Waals surface area (Å²) < 4.78 is 5.41. The van der Waals surface area contributed by atoms with Gasteiger partial charge in [0, 0.05) is 6.04 Å². The minimum absolute atomic E-state index is 0.0262. The number of hydrogen-bond donors (Lipinski definition) is 2. The summed E-state index contributed by atoms with van der Waals surface area (Å²) in [6, 6.07) is 7.32. The highest BCUT2D eigenvalue weighted by atomic mass is 16.5. The van der Waals surface area contributed by atoms with E-state index < -0.39 is 5.97 Å². The van der Waals surface area contributed by atoms with E-state index >= 15 is 0 Å². The largest absolute Gasteiger partial charge is 0.484 e. The zero-order chi connectivity index (χ0) is 15.2. The van der Waals surface area contributed by atoms with Crippen molar-refractivity contribution in [2.24, 2.45) is 5.92 Å². The van der Waals surface area contributed by atoms with Crippen LogP contribution < -0.4 is 10.1 Å². The van der Waals surface area contributed by atoms with Gasteiger partial charge in [0.05, 0.1) is 6.42 Å². The van der Waals surface area contributed by atoms with Crippen LogP contribution in [0.5, 0.6) is 5.75 Å². The molecule has 5 nitrogen and oxygen atoms in total. The Morgan fingerprint density at radius 3 is 2.52 bits per heavy atom. The first kappa shape index (κ1) is 15.4. The molecule has 1 unspecified atom stereocenters. The second kappa shape index (κ2) is 7.11. The Balaban J connectivity index is 1.78. The van der Waals surface area contributed by atoms with Gasteiger partial charge >= 0.3 is 5.97 Å². The summed E-state index contributed by atoms with van der Waals surface area (Å²) in [5.41, 5.74) is 1.21. The third-order valence-corrected chi connectivity index (χ3v) is 3.63. The molecule has 1 saturated carbocycles. The van der Waals surface area contributed by atoms with Gasteiger partial charge in [0.25, 0.3) is 5.91 Å². The van der Waals surface area contributed by atoms with Crippen molar-refractivity contribution < 1.29 is 19.4 Å². The summed E-state index contributed by atoms with van der Waals surface area (Å²) in [6.07, 6.45) is 2.90. The van der Waals surface area contributed by atoms with Gasteiger partial charge in [-0.05, 0) is 42.9 Å². The van der Waals surface area contributed by atoms with Crippen molar-refractivity contribution in [2.75, 3.05) is 6.61 Å². The van der Waals surface area contributed by atoms with E-state index in [-0.39, 0.29) is 25.0 Å². The Morgan fingerprint density at radius 2 is 2.00 bits per heavy atom. The third kappa shape index (κ3) is 5.10. The molecule has 1 aromatic rings. The number of carbonyl (C=O) groups excluding carboxylic acids is 1. The summed E-state index contributed by atoms with van der Waals surface area (Å²) in [6.45, 7) is 1.98. The van der Waals surface area contributed by atoms with Gasteiger partial charge in [0.15, 0.2) is 6.61 Å². The van der Waals surface area contributed by atoms with Crippen LogP contribution in [-0.2, 0) is 16.0 Å². The first-order valence-corrected chi connectivity index (χ1v) is 7.31. The zero-order valence-electron chi connectivity index (χ0n) is 12.2. The Kier molecular flexibility index (Phi) is 5.20. The quantitative estimate of drug-likeness (QED) is 0.768. The number of aryl methyl sites for hydroxylation is 1. The predicted molar refractivity (Wildman–Crippen MR) is 78.2 cm³/mol. The van der Waals surface area contributed by atoms with Crippen LogP contribution in [-0.4, -0.2) is 29.6 Å². The van der Waals surface area contributed by atoms with Crippen LogP contribution in [0.15, 0.2) is 24.3 Å². The average Bonchev–Trinajstić information content (AvgIpc) is 3.29. The smallest absolute Gasteiger partial charge is 0.305 e. The minimum atomic E-state index is -0.886. The number of rotatable bonds is 8. The molecule has 1 aromatic carbocycles. The molecule has 1 aliphatic carbocycles. The molecule has 0 saturated heterocycles. The van der Waals surface area contributed by atoms with Gasteiger partial charge in [-0.3, -0.25) is 9.59 Å². The molecule has 2 rings (SSSR count). The molecular weight excluding hydrogens is 270 g/mol. The number of hydrogen-bond acceptors (Lipinski definition) is 3. The number of carbonyl (C=O) groups is 2. The first-order valence-electron chi connectivity index (χ1n) is 7.31. The van der Waals surface area contributed by atoms with Gasteiger partial charge in [-0.25, -0.2) is 0 Å². The molecule has 1 atom stereocenters. The molecule has 1 fully saturated rings. The lowest BCUT2D eigenvalue weighted by molar-refractivity contribution is -0.138. The molecule has 0 spiro atoms. The molecule has 1 amide bonds. The molecule has 21 heavy (non-hydrogen) atoms. The topological polar surface area (TPSA) is 75.6 Å². The fourth-order valence-electron chi connectivity index (χ4n) is 2.24. The van der Waals surface area contributed by atoms with Crippen LogP contribution in [0, 0.1) is 5.92 Å². The average molecular weight is 291 g/mol. The predicted octanol–water partition coefficient (Wildman–Crippen LogP) is 2.00. The van der Waals surface area contributed by atoms with Crippen LogP contribution in [0.2, 0.25) is 0 Å². The van der Waals surface area contributed by atoms with Crippen LogP contribution in [0.4, 0.5) is 0 Å². The number of ether oxygens (including phenoxy) is 1. The van der Waals surface area contributed by atoms with Crippen LogP contribution in [0.1, 0.15) is 31.7 Å². The van der Waals surface area contributed by atoms with Crippen molar-refractivity contribution in [3.8, 4) is 5.75 Å². The maximum atomic E-state index is 11.8. The van der Waals surface area contributed by atoms with Crippen molar-refractivity contribution in [1.29, 1.82) is 0 Å². The SMILES string of the molecule is CCc1ccc(OCC(=O)NC(CC(=O)O)C2CC2)cc1. The molecule has 2 N–H and O–H groups in total. The summed E-state index contributed by atoms with van der Waals surface area (Å²) in [4.78, 5) is 22.6. The van der Waals surface area contributed by atoms with Crippen molar-refractivity contribution in [1.82, 2.24) is 5.32 Å². The fraction of sp³-hybridized carbons (Fsp3) is 0.500. The molecule has 114 valence electrons. The van der Waals surface area contributed by atoms with Gasteiger partial charge in [0.2, 0.25) is 0 Å². The lowest BCUT2D eigenvalue weighted by atomic mass is 10.1. The molecule has 0 radical (unpaired) electrons. The maximum Gasteiger partial charge on any atom is 0.305 e. The van der Waals surface area contributed by atoms with E-state index in [2.05, 4.69) is 12.2 Å². The monoisotopic (exact) mass is 291 g/mol. The van der Waals surface area contributed by atoms with Crippen molar-refractivity contribution in [3.05, 3.63) is 29.8 Å². The Morgan fingerprint density at radius 1 is 1.33 bits per heavy atom. The second-order valence-corrected chi connectivity index (χ2v) is 5.40. The molecule has 0 bridgehead atoms. The highest BCUT2D eigenvalue weighted by Crippen LogP contribution is 2.34. The number of aliphatic carboxylic acids is 1. The lowest BCUT2D eigenvalue weighted by Crippen LogP contribution is -2.40. The Bertz CT molecular complexity index is 494. The van der Waals surface area contributed by atoms with Crippen molar-refractivity contribution in [2.45, 2.75) is 38.6 Å². The van der Waals surface area contributed by atoms with Crippen molar-refractivity contribution >= 4 is 11.9 Å². The van der Waals surface area contributed by atoms with Gasteiger partial charge in [0.1, 0.15) is 5.75 Å². The molecule has 0 aliphatic heterocycles. The summed E-state index contributed by atoms with van der Waals surface area (Å²) >= 11 is 0.